The zero-order valence-corrected chi connectivity index (χ0v) is 18.3. The Morgan fingerprint density at radius 3 is 2.84 bits per heavy atom. The third kappa shape index (κ3) is 3.85. The van der Waals surface area contributed by atoms with E-state index in [0.29, 0.717) is 30.1 Å². The highest BCUT2D eigenvalue weighted by atomic mass is 35.5. The summed E-state index contributed by atoms with van der Waals surface area (Å²) >= 11 is 6.57. The number of carbonyl (C=O) groups is 1. The van der Waals surface area contributed by atoms with Crippen molar-refractivity contribution in [2.24, 2.45) is 0 Å². The van der Waals surface area contributed by atoms with Crippen LogP contribution in [0.25, 0.3) is 10.9 Å². The van der Waals surface area contributed by atoms with Crippen LogP contribution in [-0.4, -0.2) is 54.9 Å². The first-order valence-electron chi connectivity index (χ1n) is 10.6. The fourth-order valence-electron chi connectivity index (χ4n) is 4.27. The molecule has 162 valence electrons. The van der Waals surface area contributed by atoms with Gasteiger partial charge in [-0.2, -0.15) is 5.10 Å². The number of nitrogens with zero attached hydrogens (tertiary/aromatic N) is 5. The van der Waals surface area contributed by atoms with Crippen LogP contribution in [0.2, 0.25) is 5.02 Å². The Morgan fingerprint density at radius 2 is 2.10 bits per heavy atom. The molecular weight excluding hydrogens is 416 g/mol. The predicted octanol–water partition coefficient (Wildman–Crippen LogP) is 3.56. The number of rotatable bonds is 5. The zero-order chi connectivity index (χ0) is 21.7. The molecule has 1 aliphatic heterocycles. The Kier molecular flexibility index (Phi) is 5.06. The van der Waals surface area contributed by atoms with Gasteiger partial charge >= 0.3 is 0 Å². The average Bonchev–Trinajstić information content (AvgIpc) is 3.36. The third-order valence-electron chi connectivity index (χ3n) is 6.18. The Morgan fingerprint density at radius 1 is 1.29 bits per heavy atom. The molecule has 1 unspecified atom stereocenters. The van der Waals surface area contributed by atoms with Crippen LogP contribution >= 0.6 is 11.6 Å². The first kappa shape index (κ1) is 20.2. The lowest BCUT2D eigenvalue weighted by molar-refractivity contribution is -0.138. The van der Waals surface area contributed by atoms with Crippen LogP contribution in [0.3, 0.4) is 0 Å². The number of nitrogens with one attached hydrogen (secondary N) is 1. The second-order valence-corrected chi connectivity index (χ2v) is 8.92. The van der Waals surface area contributed by atoms with Gasteiger partial charge in [-0.05, 0) is 50.8 Å². The van der Waals surface area contributed by atoms with Crippen molar-refractivity contribution < 1.29 is 9.90 Å². The van der Waals surface area contributed by atoms with E-state index in [1.807, 2.05) is 25.3 Å². The number of halogens is 1. The SMILES string of the molecule is Cc1c(Nc2ncc3cc(Cl)c(C4CCN(C(=O)[C@H](C)O)C4)cc3n2)cnn1C1CC1. The molecule has 2 aromatic heterocycles. The maximum absolute atomic E-state index is 12.1. The number of hydrogen-bond donors (Lipinski definition) is 2. The minimum Gasteiger partial charge on any atom is -0.384 e. The van der Waals surface area contributed by atoms with Gasteiger partial charge in [-0.3, -0.25) is 9.48 Å². The molecular formula is C22H25ClN6O2. The van der Waals surface area contributed by atoms with Crippen LogP contribution < -0.4 is 5.32 Å². The standard InChI is InChI=1S/C22H25ClN6O2/c1-12-20(10-25-29(12)16-3-4-16)27-22-24-9-15-7-18(23)17(8-19(15)26-22)14-5-6-28(11-14)21(31)13(2)30/h7-10,13-14,16,30H,3-6,11H2,1-2H3,(H,24,26,27)/t13-,14?/m0/s1. The maximum Gasteiger partial charge on any atom is 0.251 e. The minimum absolute atomic E-state index is 0.116. The summed E-state index contributed by atoms with van der Waals surface area (Å²) in [6.07, 6.45) is 5.76. The number of hydrogen-bond acceptors (Lipinski definition) is 6. The summed E-state index contributed by atoms with van der Waals surface area (Å²) in [6.45, 7) is 4.71. The van der Waals surface area contributed by atoms with Crippen molar-refractivity contribution in [1.29, 1.82) is 0 Å². The number of carbonyl (C=O) groups excluding carboxylic acids is 1. The number of likely N-dealkylation sites (tertiary alicyclic amines) is 1. The van der Waals surface area contributed by atoms with Crippen LogP contribution in [0, 0.1) is 6.92 Å². The summed E-state index contributed by atoms with van der Waals surface area (Å²) in [4.78, 5) is 23.0. The average molecular weight is 441 g/mol. The number of aromatic nitrogens is 4. The third-order valence-corrected chi connectivity index (χ3v) is 6.51. The van der Waals surface area contributed by atoms with Crippen molar-refractivity contribution in [3.8, 4) is 0 Å². The zero-order valence-electron chi connectivity index (χ0n) is 17.5. The Hall–Kier alpha value is -2.71. The summed E-state index contributed by atoms with van der Waals surface area (Å²) < 4.78 is 2.06. The quantitative estimate of drug-likeness (QED) is 0.629. The molecule has 9 heteroatoms. The Labute approximate surface area is 185 Å². The van der Waals surface area contributed by atoms with Crippen LogP contribution in [0.15, 0.2) is 24.5 Å². The smallest absolute Gasteiger partial charge is 0.251 e. The van der Waals surface area contributed by atoms with Gasteiger partial charge < -0.3 is 15.3 Å². The highest BCUT2D eigenvalue weighted by Crippen LogP contribution is 2.37. The van der Waals surface area contributed by atoms with Gasteiger partial charge in [-0.25, -0.2) is 9.97 Å². The topological polar surface area (TPSA) is 96.2 Å². The lowest BCUT2D eigenvalue weighted by Crippen LogP contribution is -2.35. The fourth-order valence-corrected chi connectivity index (χ4v) is 4.60. The molecule has 31 heavy (non-hydrogen) atoms. The first-order chi connectivity index (χ1) is 14.9. The van der Waals surface area contributed by atoms with E-state index in [-0.39, 0.29) is 11.8 Å². The molecule has 5 rings (SSSR count). The maximum atomic E-state index is 12.1. The molecule has 2 atom stereocenters. The number of aliphatic hydroxyl groups excluding tert-OH is 1. The van der Waals surface area contributed by atoms with E-state index in [2.05, 4.69) is 20.1 Å². The molecule has 0 bridgehead atoms. The lowest BCUT2D eigenvalue weighted by Gasteiger charge is -2.19. The van der Waals surface area contributed by atoms with E-state index in [1.54, 1.807) is 11.1 Å². The molecule has 0 spiro atoms. The molecule has 8 nitrogen and oxygen atoms in total. The van der Waals surface area contributed by atoms with Crippen molar-refractivity contribution in [2.45, 2.75) is 51.2 Å². The van der Waals surface area contributed by atoms with Gasteiger partial charge in [0.05, 0.1) is 29.1 Å². The molecule has 2 fully saturated rings. The van der Waals surface area contributed by atoms with E-state index in [4.69, 9.17) is 16.6 Å². The number of anilines is 2. The van der Waals surface area contributed by atoms with E-state index in [1.165, 1.54) is 19.8 Å². The van der Waals surface area contributed by atoms with Crippen LogP contribution in [0.1, 0.15) is 49.4 Å². The molecule has 3 heterocycles. The van der Waals surface area contributed by atoms with Gasteiger partial charge in [-0.1, -0.05) is 11.6 Å². The molecule has 2 N–H and O–H groups in total. The summed E-state index contributed by atoms with van der Waals surface area (Å²) in [5.74, 6) is 0.386. The minimum atomic E-state index is -0.986. The monoisotopic (exact) mass is 440 g/mol. The normalized spacial score (nSPS) is 19.7. The molecule has 1 saturated heterocycles. The van der Waals surface area contributed by atoms with E-state index in [0.717, 1.165) is 34.3 Å². The van der Waals surface area contributed by atoms with Crippen molar-refractivity contribution in [1.82, 2.24) is 24.6 Å². The van der Waals surface area contributed by atoms with E-state index >= 15 is 0 Å². The number of fused-ring (bicyclic) bond motifs is 1. The summed E-state index contributed by atoms with van der Waals surface area (Å²) in [5, 5.41) is 18.9. The van der Waals surface area contributed by atoms with Gasteiger partial charge in [0.25, 0.3) is 5.91 Å². The molecule has 3 aromatic rings. The van der Waals surface area contributed by atoms with Gasteiger partial charge in [0.1, 0.15) is 6.10 Å². The Balaban J connectivity index is 1.40. The predicted molar refractivity (Wildman–Crippen MR) is 119 cm³/mol. The molecule has 1 amide bonds. The highest BCUT2D eigenvalue weighted by molar-refractivity contribution is 6.32. The second kappa shape index (κ2) is 7.76. The number of amides is 1. The molecule has 1 aliphatic carbocycles. The Bertz CT molecular complexity index is 1160. The molecule has 1 aromatic carbocycles. The number of aliphatic hydroxyl groups is 1. The van der Waals surface area contributed by atoms with Crippen LogP contribution in [0.4, 0.5) is 11.6 Å². The highest BCUT2D eigenvalue weighted by Gasteiger charge is 2.30. The van der Waals surface area contributed by atoms with Crippen LogP contribution in [-0.2, 0) is 4.79 Å². The summed E-state index contributed by atoms with van der Waals surface area (Å²) in [7, 11) is 0. The van der Waals surface area contributed by atoms with Crippen molar-refractivity contribution in [2.75, 3.05) is 18.4 Å². The van der Waals surface area contributed by atoms with Crippen molar-refractivity contribution >= 4 is 40.0 Å². The summed E-state index contributed by atoms with van der Waals surface area (Å²) in [6, 6.07) is 4.39. The largest absolute Gasteiger partial charge is 0.384 e. The van der Waals surface area contributed by atoms with Crippen LogP contribution in [0.5, 0.6) is 0 Å². The van der Waals surface area contributed by atoms with Gasteiger partial charge in [0, 0.05) is 35.6 Å². The van der Waals surface area contributed by atoms with Gasteiger partial charge in [0.15, 0.2) is 0 Å². The molecule has 1 saturated carbocycles. The first-order valence-corrected chi connectivity index (χ1v) is 11.0. The molecule has 2 aliphatic rings. The lowest BCUT2D eigenvalue weighted by atomic mass is 9.97. The second-order valence-electron chi connectivity index (χ2n) is 8.52. The van der Waals surface area contributed by atoms with E-state index in [9.17, 15) is 9.90 Å². The molecule has 0 radical (unpaired) electrons. The number of benzene rings is 1. The van der Waals surface area contributed by atoms with Gasteiger partial charge in [-0.15, -0.1) is 0 Å². The fraction of sp³-hybridized carbons (Fsp3) is 0.455. The van der Waals surface area contributed by atoms with Crippen molar-refractivity contribution in [3.05, 3.63) is 40.8 Å². The summed E-state index contributed by atoms with van der Waals surface area (Å²) in [5.41, 5.74) is 3.75. The van der Waals surface area contributed by atoms with Crippen molar-refractivity contribution in [3.63, 3.8) is 0 Å². The van der Waals surface area contributed by atoms with E-state index < -0.39 is 6.10 Å². The van der Waals surface area contributed by atoms with Gasteiger partial charge in [0.2, 0.25) is 5.95 Å².